The molecule has 4 heteroatoms. The van der Waals surface area contributed by atoms with Crippen LogP contribution >= 0.6 is 0 Å². The van der Waals surface area contributed by atoms with Gasteiger partial charge < -0.3 is 9.84 Å². The molecule has 2 fully saturated rings. The third kappa shape index (κ3) is 5.28. The van der Waals surface area contributed by atoms with E-state index in [1.165, 1.54) is 34.7 Å². The summed E-state index contributed by atoms with van der Waals surface area (Å²) in [7, 11) is 0. The predicted octanol–water partition coefficient (Wildman–Crippen LogP) is 6.43. The van der Waals surface area contributed by atoms with Crippen LogP contribution < -0.4 is 4.74 Å². The van der Waals surface area contributed by atoms with Crippen LogP contribution in [0.3, 0.4) is 0 Å². The average Bonchev–Trinajstić information content (AvgIpc) is 3.17. The molecule has 0 radical (unpaired) electrons. The minimum atomic E-state index is -0.687. The van der Waals surface area contributed by atoms with Gasteiger partial charge in [-0.25, -0.2) is 0 Å². The highest BCUT2D eigenvalue weighted by Gasteiger charge is 2.31. The molecule has 1 N–H and O–H groups in total. The number of carboxylic acids is 1. The van der Waals surface area contributed by atoms with Gasteiger partial charge in [0.2, 0.25) is 0 Å². The number of rotatable bonds is 6. The highest BCUT2D eigenvalue weighted by molar-refractivity contribution is 5.90. The topological polar surface area (TPSA) is 49.8 Å². The third-order valence-corrected chi connectivity index (χ3v) is 7.73. The molecule has 0 spiro atoms. The molecule has 1 aliphatic heterocycles. The van der Waals surface area contributed by atoms with E-state index in [4.69, 9.17) is 4.74 Å². The van der Waals surface area contributed by atoms with Gasteiger partial charge in [-0.1, -0.05) is 45.0 Å². The lowest BCUT2D eigenvalue weighted by Gasteiger charge is -2.37. The smallest absolute Gasteiger partial charge is 0.303 e. The van der Waals surface area contributed by atoms with Gasteiger partial charge in [-0.3, -0.25) is 9.69 Å². The molecule has 1 saturated heterocycles. The molecule has 0 aromatic heterocycles. The number of hydrogen-bond donors (Lipinski definition) is 1. The van der Waals surface area contributed by atoms with Gasteiger partial charge in [0.15, 0.2) is 0 Å². The summed E-state index contributed by atoms with van der Waals surface area (Å²) in [5.41, 5.74) is 2.89. The highest BCUT2D eigenvalue weighted by Crippen LogP contribution is 2.40. The van der Waals surface area contributed by atoms with Crippen molar-refractivity contribution in [2.75, 3.05) is 13.1 Å². The number of likely N-dealkylation sites (tertiary alicyclic amines) is 1. The summed E-state index contributed by atoms with van der Waals surface area (Å²) in [6, 6.07) is 10.9. The monoisotopic (exact) mass is 437 g/mol. The molecule has 1 saturated carbocycles. The number of aryl methyl sites for hydroxylation is 1. The molecule has 2 aliphatic rings. The first kappa shape index (κ1) is 23.1. The van der Waals surface area contributed by atoms with E-state index in [2.05, 4.69) is 62.9 Å². The van der Waals surface area contributed by atoms with Crippen LogP contribution in [0, 0.1) is 24.2 Å². The predicted molar refractivity (Wildman–Crippen MR) is 130 cm³/mol. The fourth-order valence-corrected chi connectivity index (χ4v) is 5.77. The van der Waals surface area contributed by atoms with Crippen molar-refractivity contribution >= 4 is 16.7 Å². The third-order valence-electron chi connectivity index (χ3n) is 7.73. The maximum absolute atomic E-state index is 11.2. The largest absolute Gasteiger partial charge is 0.490 e. The van der Waals surface area contributed by atoms with E-state index in [1.54, 1.807) is 0 Å². The lowest BCUT2D eigenvalue weighted by molar-refractivity contribution is -0.138. The second kappa shape index (κ2) is 9.43. The summed E-state index contributed by atoms with van der Waals surface area (Å²) in [4.78, 5) is 13.6. The van der Waals surface area contributed by atoms with Crippen molar-refractivity contribution < 1.29 is 14.6 Å². The van der Waals surface area contributed by atoms with Gasteiger partial charge in [0.05, 0.1) is 6.10 Å². The molecular formula is C28H39NO3. The summed E-state index contributed by atoms with van der Waals surface area (Å²) in [5.74, 6) is 1.37. The Bertz CT molecular complexity index is 953. The van der Waals surface area contributed by atoms with Crippen LogP contribution in [0.1, 0.15) is 70.4 Å². The second-order valence-electron chi connectivity index (χ2n) is 11.2. The van der Waals surface area contributed by atoms with Gasteiger partial charge in [0.1, 0.15) is 5.75 Å². The van der Waals surface area contributed by atoms with Crippen LogP contribution in [0.5, 0.6) is 5.75 Å². The van der Waals surface area contributed by atoms with E-state index < -0.39 is 5.97 Å². The van der Waals surface area contributed by atoms with Crippen LogP contribution in [-0.2, 0) is 11.3 Å². The van der Waals surface area contributed by atoms with Crippen molar-refractivity contribution in [2.24, 2.45) is 17.3 Å². The average molecular weight is 438 g/mol. The molecule has 32 heavy (non-hydrogen) atoms. The fourth-order valence-electron chi connectivity index (χ4n) is 5.77. The number of benzene rings is 2. The van der Waals surface area contributed by atoms with Gasteiger partial charge >= 0.3 is 5.97 Å². The zero-order valence-corrected chi connectivity index (χ0v) is 20.2. The standard InChI is InChI=1S/C28H39NO3/c1-19-15-26(32-22-11-9-21(10-12-22)28(2,3)4)25(24-8-6-5-7-23(19)24)18-29-14-13-20(17-29)16-27(30)31/h5-8,15,20-22H,9-14,16-18H2,1-4H3,(H,30,31)/t20?,21-,22-. The molecule has 0 amide bonds. The van der Waals surface area contributed by atoms with Crippen molar-refractivity contribution in [3.63, 3.8) is 0 Å². The Morgan fingerprint density at radius 1 is 1.09 bits per heavy atom. The molecule has 4 rings (SSSR count). The summed E-state index contributed by atoms with van der Waals surface area (Å²) in [5, 5.41) is 11.7. The quantitative estimate of drug-likeness (QED) is 0.566. The first-order valence-electron chi connectivity index (χ1n) is 12.3. The van der Waals surface area contributed by atoms with Gasteiger partial charge in [-0.15, -0.1) is 0 Å². The number of hydrogen-bond acceptors (Lipinski definition) is 3. The zero-order valence-electron chi connectivity index (χ0n) is 20.2. The number of carbonyl (C=O) groups is 1. The van der Waals surface area contributed by atoms with Crippen molar-refractivity contribution in [3.05, 3.63) is 41.5 Å². The molecule has 1 unspecified atom stereocenters. The van der Waals surface area contributed by atoms with Crippen molar-refractivity contribution in [2.45, 2.75) is 78.9 Å². The van der Waals surface area contributed by atoms with E-state index in [0.717, 1.165) is 50.6 Å². The molecule has 1 heterocycles. The number of carboxylic acid groups (broad SMARTS) is 1. The molecule has 2 aromatic rings. The molecule has 1 atom stereocenters. The van der Waals surface area contributed by atoms with Crippen molar-refractivity contribution in [1.29, 1.82) is 0 Å². The maximum atomic E-state index is 11.2. The minimum Gasteiger partial charge on any atom is -0.490 e. The number of nitrogens with zero attached hydrogens (tertiary/aromatic N) is 1. The fraction of sp³-hybridized carbons (Fsp3) is 0.607. The van der Waals surface area contributed by atoms with E-state index >= 15 is 0 Å². The minimum absolute atomic E-state index is 0.251. The maximum Gasteiger partial charge on any atom is 0.303 e. The highest BCUT2D eigenvalue weighted by atomic mass is 16.5. The van der Waals surface area contributed by atoms with Gasteiger partial charge in [0, 0.05) is 25.1 Å². The van der Waals surface area contributed by atoms with Crippen molar-refractivity contribution in [1.82, 2.24) is 4.90 Å². The van der Waals surface area contributed by atoms with Gasteiger partial charge in [-0.2, -0.15) is 0 Å². The van der Waals surface area contributed by atoms with Crippen molar-refractivity contribution in [3.8, 4) is 5.75 Å². The van der Waals surface area contributed by atoms with E-state index in [0.29, 0.717) is 5.41 Å². The van der Waals surface area contributed by atoms with Gasteiger partial charge in [0.25, 0.3) is 0 Å². The van der Waals surface area contributed by atoms with Gasteiger partial charge in [-0.05, 0) is 85.2 Å². The lowest BCUT2D eigenvalue weighted by Crippen LogP contribution is -2.31. The molecule has 174 valence electrons. The molecular weight excluding hydrogens is 398 g/mol. The van der Waals surface area contributed by atoms with Crippen LogP contribution in [0.4, 0.5) is 0 Å². The Kier molecular flexibility index (Phi) is 6.80. The van der Waals surface area contributed by atoms with Crippen LogP contribution in [0.25, 0.3) is 10.8 Å². The van der Waals surface area contributed by atoms with E-state index in [9.17, 15) is 9.90 Å². The molecule has 2 aromatic carbocycles. The Balaban J connectivity index is 1.55. The molecule has 4 nitrogen and oxygen atoms in total. The lowest BCUT2D eigenvalue weighted by atomic mass is 9.72. The van der Waals surface area contributed by atoms with E-state index in [-0.39, 0.29) is 18.4 Å². The normalized spacial score (nSPS) is 24.7. The molecule has 1 aliphatic carbocycles. The Hall–Kier alpha value is -2.07. The van der Waals surface area contributed by atoms with E-state index in [1.807, 2.05) is 0 Å². The van der Waals surface area contributed by atoms with Crippen LogP contribution in [0.15, 0.2) is 30.3 Å². The zero-order chi connectivity index (χ0) is 22.9. The number of fused-ring (bicyclic) bond motifs is 1. The Labute approximate surface area is 192 Å². The first-order valence-corrected chi connectivity index (χ1v) is 12.3. The summed E-state index contributed by atoms with van der Waals surface area (Å²) in [6.07, 6.45) is 6.23. The Morgan fingerprint density at radius 3 is 2.44 bits per heavy atom. The molecule has 0 bridgehead atoms. The second-order valence-corrected chi connectivity index (χ2v) is 11.2. The summed E-state index contributed by atoms with van der Waals surface area (Å²) in [6.45, 7) is 11.9. The summed E-state index contributed by atoms with van der Waals surface area (Å²) >= 11 is 0. The number of aliphatic carboxylic acids is 1. The SMILES string of the molecule is Cc1cc(O[C@H]2CC[C@H](C(C)(C)C)CC2)c(CN2CCC(CC(=O)O)C2)c2ccccc12. The van der Waals surface area contributed by atoms with Crippen LogP contribution in [-0.4, -0.2) is 35.2 Å². The van der Waals surface area contributed by atoms with Crippen LogP contribution in [0.2, 0.25) is 0 Å². The number of ether oxygens (including phenoxy) is 1. The Morgan fingerprint density at radius 2 is 1.78 bits per heavy atom. The first-order chi connectivity index (χ1) is 15.2. The summed E-state index contributed by atoms with van der Waals surface area (Å²) < 4.78 is 6.72.